The lowest BCUT2D eigenvalue weighted by Crippen LogP contribution is -2.42. The first-order valence-corrected chi connectivity index (χ1v) is 8.31. The van der Waals surface area contributed by atoms with Crippen molar-refractivity contribution in [2.24, 2.45) is 17.8 Å². The van der Waals surface area contributed by atoms with Crippen LogP contribution in [0.1, 0.15) is 59.8 Å². The van der Waals surface area contributed by atoms with Crippen molar-refractivity contribution in [3.8, 4) is 0 Å². The fraction of sp³-hybridized carbons (Fsp3) is 0.882. The highest BCUT2D eigenvalue weighted by molar-refractivity contribution is 5.87. The molecule has 21 heavy (non-hydrogen) atoms. The first-order chi connectivity index (χ1) is 9.94. The predicted octanol–water partition coefficient (Wildman–Crippen LogP) is 3.25. The second-order valence-electron chi connectivity index (χ2n) is 6.55. The van der Waals surface area contributed by atoms with Gasteiger partial charge in [-0.15, -0.1) is 0 Å². The molecular formula is C17H31NO3. The highest BCUT2D eigenvalue weighted by Gasteiger charge is 2.40. The lowest BCUT2D eigenvalue weighted by atomic mass is 9.87. The van der Waals surface area contributed by atoms with Crippen LogP contribution in [0.5, 0.6) is 0 Å². The van der Waals surface area contributed by atoms with Gasteiger partial charge in [-0.2, -0.15) is 0 Å². The molecule has 4 nitrogen and oxygen atoms in total. The molecule has 1 fully saturated rings. The minimum Gasteiger partial charge on any atom is -0.469 e. The zero-order chi connectivity index (χ0) is 16.0. The SMILES string of the molecule is CCCC(C)C(CC(C)CC)N1CC(C(=O)OC)CC1=O. The molecule has 4 heteroatoms. The van der Waals surface area contributed by atoms with Gasteiger partial charge in [-0.1, -0.05) is 40.5 Å². The van der Waals surface area contributed by atoms with E-state index in [4.69, 9.17) is 4.74 Å². The summed E-state index contributed by atoms with van der Waals surface area (Å²) in [5, 5.41) is 0. The summed E-state index contributed by atoms with van der Waals surface area (Å²) in [6, 6.07) is 0.252. The van der Waals surface area contributed by atoms with E-state index in [1.165, 1.54) is 7.11 Å². The van der Waals surface area contributed by atoms with Gasteiger partial charge in [-0.05, 0) is 24.7 Å². The molecule has 0 bridgehead atoms. The molecule has 0 radical (unpaired) electrons. The van der Waals surface area contributed by atoms with Gasteiger partial charge in [0, 0.05) is 19.0 Å². The lowest BCUT2D eigenvalue weighted by molar-refractivity contribution is -0.145. The molecule has 1 saturated heterocycles. The number of amides is 1. The van der Waals surface area contributed by atoms with Crippen LogP contribution >= 0.6 is 0 Å². The van der Waals surface area contributed by atoms with Crippen molar-refractivity contribution in [2.45, 2.75) is 65.8 Å². The number of hydrogen-bond acceptors (Lipinski definition) is 3. The molecule has 0 aromatic heterocycles. The number of likely N-dealkylation sites (tertiary alicyclic amines) is 1. The Balaban J connectivity index is 2.82. The van der Waals surface area contributed by atoms with E-state index in [2.05, 4.69) is 27.7 Å². The average Bonchev–Trinajstić information content (AvgIpc) is 2.85. The van der Waals surface area contributed by atoms with Crippen molar-refractivity contribution < 1.29 is 14.3 Å². The van der Waals surface area contributed by atoms with Crippen LogP contribution in [0.15, 0.2) is 0 Å². The van der Waals surface area contributed by atoms with Gasteiger partial charge in [-0.25, -0.2) is 0 Å². The van der Waals surface area contributed by atoms with Crippen molar-refractivity contribution in [1.29, 1.82) is 0 Å². The molecule has 0 saturated carbocycles. The van der Waals surface area contributed by atoms with Gasteiger partial charge in [0.05, 0.1) is 13.0 Å². The monoisotopic (exact) mass is 297 g/mol. The fourth-order valence-electron chi connectivity index (χ4n) is 3.27. The van der Waals surface area contributed by atoms with Crippen LogP contribution in [-0.2, 0) is 14.3 Å². The number of ether oxygens (including phenoxy) is 1. The molecule has 4 unspecified atom stereocenters. The molecular weight excluding hydrogens is 266 g/mol. The molecule has 0 aromatic carbocycles. The van der Waals surface area contributed by atoms with Crippen LogP contribution < -0.4 is 0 Å². The molecule has 0 spiro atoms. The van der Waals surface area contributed by atoms with Crippen LogP contribution in [0.2, 0.25) is 0 Å². The van der Waals surface area contributed by atoms with Gasteiger partial charge in [0.25, 0.3) is 0 Å². The highest BCUT2D eigenvalue weighted by atomic mass is 16.5. The minimum atomic E-state index is -0.282. The van der Waals surface area contributed by atoms with Gasteiger partial charge in [0.15, 0.2) is 0 Å². The third-order valence-corrected chi connectivity index (χ3v) is 4.83. The summed E-state index contributed by atoms with van der Waals surface area (Å²) in [4.78, 5) is 26.0. The largest absolute Gasteiger partial charge is 0.469 e. The van der Waals surface area contributed by atoms with Crippen LogP contribution in [-0.4, -0.2) is 36.5 Å². The predicted molar refractivity (Wildman–Crippen MR) is 83.8 cm³/mol. The minimum absolute atomic E-state index is 0.113. The number of carbonyl (C=O) groups excluding carboxylic acids is 2. The zero-order valence-electron chi connectivity index (χ0n) is 14.2. The highest BCUT2D eigenvalue weighted by Crippen LogP contribution is 2.30. The van der Waals surface area contributed by atoms with E-state index in [-0.39, 0.29) is 23.8 Å². The van der Waals surface area contributed by atoms with Gasteiger partial charge in [0.1, 0.15) is 0 Å². The summed E-state index contributed by atoms with van der Waals surface area (Å²) in [6.45, 7) is 9.37. The summed E-state index contributed by atoms with van der Waals surface area (Å²) in [5.74, 6) is 0.650. The Morgan fingerprint density at radius 1 is 1.38 bits per heavy atom. The molecule has 1 amide bonds. The van der Waals surface area contributed by atoms with E-state index < -0.39 is 0 Å². The molecule has 1 rings (SSSR count). The van der Waals surface area contributed by atoms with E-state index in [1.807, 2.05) is 4.90 Å². The van der Waals surface area contributed by atoms with Gasteiger partial charge >= 0.3 is 5.97 Å². The van der Waals surface area contributed by atoms with Crippen molar-refractivity contribution in [3.63, 3.8) is 0 Å². The van der Waals surface area contributed by atoms with Gasteiger partial charge < -0.3 is 9.64 Å². The molecule has 0 N–H and O–H groups in total. The topological polar surface area (TPSA) is 46.6 Å². The Morgan fingerprint density at radius 2 is 2.05 bits per heavy atom. The molecule has 122 valence electrons. The first kappa shape index (κ1) is 18.0. The quantitative estimate of drug-likeness (QED) is 0.646. The number of hydrogen-bond donors (Lipinski definition) is 0. The maximum atomic E-state index is 12.3. The Kier molecular flexibility index (Phi) is 7.20. The molecule has 1 heterocycles. The first-order valence-electron chi connectivity index (χ1n) is 8.31. The van der Waals surface area contributed by atoms with Gasteiger partial charge in [-0.3, -0.25) is 9.59 Å². The summed E-state index contributed by atoms with van der Waals surface area (Å²) < 4.78 is 4.80. The van der Waals surface area contributed by atoms with Crippen molar-refractivity contribution in [1.82, 2.24) is 4.90 Å². The summed E-state index contributed by atoms with van der Waals surface area (Å²) >= 11 is 0. The Labute approximate surface area is 129 Å². The third kappa shape index (κ3) is 4.72. The second-order valence-corrected chi connectivity index (χ2v) is 6.55. The van der Waals surface area contributed by atoms with Crippen LogP contribution in [0.4, 0.5) is 0 Å². The number of carbonyl (C=O) groups is 2. The maximum Gasteiger partial charge on any atom is 0.310 e. The van der Waals surface area contributed by atoms with E-state index in [9.17, 15) is 9.59 Å². The summed E-state index contributed by atoms with van der Waals surface area (Å²) in [6.07, 6.45) is 4.70. The van der Waals surface area contributed by atoms with Gasteiger partial charge in [0.2, 0.25) is 5.91 Å². The Morgan fingerprint density at radius 3 is 2.57 bits per heavy atom. The molecule has 0 aliphatic carbocycles. The number of rotatable bonds is 8. The van der Waals surface area contributed by atoms with E-state index in [1.54, 1.807) is 0 Å². The number of esters is 1. The summed E-state index contributed by atoms with van der Waals surface area (Å²) in [5.41, 5.74) is 0. The average molecular weight is 297 g/mol. The Hall–Kier alpha value is -1.06. The standard InChI is InChI=1S/C17H31NO3/c1-6-8-13(4)15(9-12(3)7-2)18-11-14(10-16(18)19)17(20)21-5/h12-15H,6-11H2,1-5H3. The Bertz CT molecular complexity index is 356. The second kappa shape index (κ2) is 8.40. The van der Waals surface area contributed by atoms with Crippen molar-refractivity contribution in [3.05, 3.63) is 0 Å². The number of nitrogens with zero attached hydrogens (tertiary/aromatic N) is 1. The van der Waals surface area contributed by atoms with Crippen LogP contribution in [0.25, 0.3) is 0 Å². The smallest absolute Gasteiger partial charge is 0.310 e. The molecule has 4 atom stereocenters. The van der Waals surface area contributed by atoms with E-state index in [0.29, 0.717) is 24.8 Å². The van der Waals surface area contributed by atoms with Crippen molar-refractivity contribution >= 4 is 11.9 Å². The third-order valence-electron chi connectivity index (χ3n) is 4.83. The fourth-order valence-corrected chi connectivity index (χ4v) is 3.27. The number of methoxy groups -OCH3 is 1. The normalized spacial score (nSPS) is 23.0. The lowest BCUT2D eigenvalue weighted by Gasteiger charge is -2.34. The van der Waals surface area contributed by atoms with E-state index in [0.717, 1.165) is 25.7 Å². The molecule has 0 aromatic rings. The van der Waals surface area contributed by atoms with Crippen LogP contribution in [0, 0.1) is 17.8 Å². The molecule has 1 aliphatic rings. The summed E-state index contributed by atoms with van der Waals surface area (Å²) in [7, 11) is 1.39. The van der Waals surface area contributed by atoms with Crippen molar-refractivity contribution in [2.75, 3.05) is 13.7 Å². The zero-order valence-corrected chi connectivity index (χ0v) is 14.2. The maximum absolute atomic E-state index is 12.3. The van der Waals surface area contributed by atoms with E-state index >= 15 is 0 Å². The molecule has 1 aliphatic heterocycles. The van der Waals surface area contributed by atoms with Crippen LogP contribution in [0.3, 0.4) is 0 Å².